The van der Waals surface area contributed by atoms with E-state index in [2.05, 4.69) is 32.4 Å². The molecular weight excluding hydrogens is 356 g/mol. The van der Waals surface area contributed by atoms with Gasteiger partial charge in [-0.3, -0.25) is 9.67 Å². The molecule has 0 aliphatic heterocycles. The average molecular weight is 381 g/mol. The van der Waals surface area contributed by atoms with Crippen LogP contribution in [0.15, 0.2) is 41.7 Å². The first kappa shape index (κ1) is 20.5. The third kappa shape index (κ3) is 6.76. The van der Waals surface area contributed by atoms with Gasteiger partial charge in [-0.25, -0.2) is 0 Å². The van der Waals surface area contributed by atoms with Crippen molar-refractivity contribution in [3.63, 3.8) is 0 Å². The minimum atomic E-state index is -2.89. The molecule has 9 heteroatoms. The number of alkyl halides is 2. The van der Waals surface area contributed by atoms with Crippen LogP contribution in [0.2, 0.25) is 0 Å². The van der Waals surface area contributed by atoms with Gasteiger partial charge in [0.2, 0.25) is 0 Å². The number of halogens is 2. The number of aromatic nitrogens is 2. The second kappa shape index (κ2) is 10.3. The van der Waals surface area contributed by atoms with E-state index >= 15 is 0 Å². The fraction of sp³-hybridized carbons (Fsp3) is 0.444. The number of hydrogen-bond donors (Lipinski definition) is 2. The molecule has 7 nitrogen and oxygen atoms in total. The topological polar surface area (TPSA) is 72.7 Å². The standard InChI is InChI=1S/C18H25F2N5O2/c1-13(12-25-8-4-7-24-25)10-22-18(21-2)23-11-14-9-15(26-3)5-6-16(14)27-17(19)20/h4-9,13,17H,10-12H2,1-3H3,(H2,21,22,23). The van der Waals surface area contributed by atoms with E-state index < -0.39 is 6.61 Å². The summed E-state index contributed by atoms with van der Waals surface area (Å²) in [5.41, 5.74) is 0.544. The number of nitrogens with zero attached hydrogens (tertiary/aromatic N) is 3. The highest BCUT2D eigenvalue weighted by molar-refractivity contribution is 5.79. The lowest BCUT2D eigenvalue weighted by Gasteiger charge is -2.17. The van der Waals surface area contributed by atoms with Crippen LogP contribution in [0, 0.1) is 5.92 Å². The van der Waals surface area contributed by atoms with Gasteiger partial charge in [-0.05, 0) is 30.2 Å². The summed E-state index contributed by atoms with van der Waals surface area (Å²) in [4.78, 5) is 4.16. The van der Waals surface area contributed by atoms with Crippen molar-refractivity contribution in [1.29, 1.82) is 0 Å². The number of nitrogens with one attached hydrogen (secondary N) is 2. The van der Waals surface area contributed by atoms with E-state index in [4.69, 9.17) is 4.74 Å². The van der Waals surface area contributed by atoms with E-state index in [1.165, 1.54) is 13.2 Å². The van der Waals surface area contributed by atoms with Gasteiger partial charge < -0.3 is 20.1 Å². The molecule has 1 aromatic carbocycles. The van der Waals surface area contributed by atoms with E-state index in [-0.39, 0.29) is 12.3 Å². The van der Waals surface area contributed by atoms with Crippen molar-refractivity contribution < 1.29 is 18.3 Å². The van der Waals surface area contributed by atoms with Crippen LogP contribution in [0.25, 0.3) is 0 Å². The Labute approximate surface area is 157 Å². The summed E-state index contributed by atoms with van der Waals surface area (Å²) < 4.78 is 36.8. The Morgan fingerprint density at radius 2 is 2.15 bits per heavy atom. The minimum Gasteiger partial charge on any atom is -0.497 e. The van der Waals surface area contributed by atoms with E-state index in [0.717, 1.165) is 6.54 Å². The minimum absolute atomic E-state index is 0.0980. The van der Waals surface area contributed by atoms with Crippen LogP contribution in [0.1, 0.15) is 12.5 Å². The molecule has 1 aromatic heterocycles. The van der Waals surface area contributed by atoms with Gasteiger partial charge in [0, 0.05) is 44.6 Å². The molecule has 0 radical (unpaired) electrons. The molecule has 0 aliphatic rings. The normalized spacial score (nSPS) is 12.7. The molecule has 0 aliphatic carbocycles. The molecule has 0 amide bonds. The largest absolute Gasteiger partial charge is 0.497 e. The van der Waals surface area contributed by atoms with Crippen LogP contribution in [0.4, 0.5) is 8.78 Å². The molecule has 0 fully saturated rings. The maximum Gasteiger partial charge on any atom is 0.387 e. The van der Waals surface area contributed by atoms with Crippen LogP contribution in [0.3, 0.4) is 0 Å². The van der Waals surface area contributed by atoms with Gasteiger partial charge in [0.15, 0.2) is 5.96 Å². The smallest absolute Gasteiger partial charge is 0.387 e. The zero-order valence-corrected chi connectivity index (χ0v) is 15.7. The molecule has 2 rings (SSSR count). The number of ether oxygens (including phenoxy) is 2. The van der Waals surface area contributed by atoms with Gasteiger partial charge in [-0.1, -0.05) is 6.92 Å². The van der Waals surface area contributed by atoms with Crippen LogP contribution >= 0.6 is 0 Å². The van der Waals surface area contributed by atoms with E-state index in [0.29, 0.717) is 29.7 Å². The van der Waals surface area contributed by atoms with Crippen molar-refractivity contribution in [2.75, 3.05) is 20.7 Å². The second-order valence-electron chi connectivity index (χ2n) is 5.99. The molecule has 1 heterocycles. The van der Waals surface area contributed by atoms with E-state index in [9.17, 15) is 8.78 Å². The number of benzene rings is 1. The second-order valence-corrected chi connectivity index (χ2v) is 5.99. The lowest BCUT2D eigenvalue weighted by Crippen LogP contribution is -2.39. The van der Waals surface area contributed by atoms with Gasteiger partial charge in [0.25, 0.3) is 0 Å². The summed E-state index contributed by atoms with van der Waals surface area (Å²) in [6.45, 7) is 0.917. The van der Waals surface area contributed by atoms with Crippen LogP contribution in [-0.2, 0) is 13.1 Å². The maximum atomic E-state index is 12.6. The molecular formula is C18H25F2N5O2. The Kier molecular flexibility index (Phi) is 7.84. The third-order valence-corrected chi connectivity index (χ3v) is 3.83. The highest BCUT2D eigenvalue weighted by Crippen LogP contribution is 2.25. The SMILES string of the molecule is CN=C(NCc1cc(OC)ccc1OC(F)F)NCC(C)Cn1cccn1. The van der Waals surface area contributed by atoms with Crippen molar-refractivity contribution in [2.24, 2.45) is 10.9 Å². The first-order valence-corrected chi connectivity index (χ1v) is 8.55. The molecule has 0 saturated carbocycles. The average Bonchev–Trinajstić information content (AvgIpc) is 3.15. The molecule has 148 valence electrons. The molecule has 0 bridgehead atoms. The molecule has 0 saturated heterocycles. The van der Waals surface area contributed by atoms with Crippen molar-refractivity contribution >= 4 is 5.96 Å². The Morgan fingerprint density at radius 3 is 2.78 bits per heavy atom. The molecule has 0 spiro atoms. The van der Waals surface area contributed by atoms with Crippen molar-refractivity contribution in [1.82, 2.24) is 20.4 Å². The lowest BCUT2D eigenvalue weighted by molar-refractivity contribution is -0.0504. The van der Waals surface area contributed by atoms with E-state index in [1.54, 1.807) is 25.4 Å². The number of methoxy groups -OCH3 is 1. The summed E-state index contributed by atoms with van der Waals surface area (Å²) in [5.74, 6) is 1.54. The highest BCUT2D eigenvalue weighted by Gasteiger charge is 2.12. The predicted octanol–water partition coefficient (Wildman–Crippen LogP) is 2.49. The Morgan fingerprint density at radius 1 is 1.33 bits per heavy atom. The molecule has 2 aromatic rings. The van der Waals surface area contributed by atoms with Crippen LogP contribution in [0.5, 0.6) is 11.5 Å². The molecule has 1 atom stereocenters. The molecule has 1 unspecified atom stereocenters. The quantitative estimate of drug-likeness (QED) is 0.516. The Hall–Kier alpha value is -2.84. The summed E-state index contributed by atoms with van der Waals surface area (Å²) in [7, 11) is 3.16. The maximum absolute atomic E-state index is 12.6. The number of hydrogen-bond acceptors (Lipinski definition) is 4. The summed E-state index contributed by atoms with van der Waals surface area (Å²) in [6, 6.07) is 6.57. The summed E-state index contributed by atoms with van der Waals surface area (Å²) >= 11 is 0. The van der Waals surface area contributed by atoms with Gasteiger partial charge in [0.1, 0.15) is 11.5 Å². The van der Waals surface area contributed by atoms with Crippen molar-refractivity contribution in [2.45, 2.75) is 26.6 Å². The zero-order valence-electron chi connectivity index (χ0n) is 15.7. The van der Waals surface area contributed by atoms with Gasteiger partial charge in [0.05, 0.1) is 7.11 Å². The predicted molar refractivity (Wildman–Crippen MR) is 99.2 cm³/mol. The summed E-state index contributed by atoms with van der Waals surface area (Å²) in [5, 5.41) is 10.5. The number of aliphatic imine (C=N–C) groups is 1. The first-order chi connectivity index (χ1) is 13.0. The number of rotatable bonds is 9. The van der Waals surface area contributed by atoms with Gasteiger partial charge in [-0.15, -0.1) is 0 Å². The number of guanidine groups is 1. The first-order valence-electron chi connectivity index (χ1n) is 8.55. The fourth-order valence-electron chi connectivity index (χ4n) is 2.49. The van der Waals surface area contributed by atoms with Gasteiger partial charge >= 0.3 is 6.61 Å². The van der Waals surface area contributed by atoms with Crippen LogP contribution < -0.4 is 20.1 Å². The van der Waals surface area contributed by atoms with Crippen LogP contribution in [-0.4, -0.2) is 43.1 Å². The summed E-state index contributed by atoms with van der Waals surface area (Å²) in [6.07, 6.45) is 3.66. The molecule has 27 heavy (non-hydrogen) atoms. The Balaban J connectivity index is 1.91. The van der Waals surface area contributed by atoms with E-state index in [1.807, 2.05) is 16.9 Å². The fourth-order valence-corrected chi connectivity index (χ4v) is 2.49. The van der Waals surface area contributed by atoms with Crippen molar-refractivity contribution in [3.8, 4) is 11.5 Å². The zero-order chi connectivity index (χ0) is 19.6. The Bertz CT molecular complexity index is 723. The monoisotopic (exact) mass is 381 g/mol. The lowest BCUT2D eigenvalue weighted by atomic mass is 10.2. The molecule has 2 N–H and O–H groups in total. The van der Waals surface area contributed by atoms with Crippen molar-refractivity contribution in [3.05, 3.63) is 42.2 Å². The van der Waals surface area contributed by atoms with Gasteiger partial charge in [-0.2, -0.15) is 13.9 Å². The third-order valence-electron chi connectivity index (χ3n) is 3.83. The highest BCUT2D eigenvalue weighted by atomic mass is 19.3.